The van der Waals surface area contributed by atoms with Gasteiger partial charge in [0.2, 0.25) is 0 Å². The van der Waals surface area contributed by atoms with E-state index in [0.717, 1.165) is 12.1 Å². The number of benzene rings is 3. The van der Waals surface area contributed by atoms with Gasteiger partial charge in [-0.25, -0.2) is 4.39 Å². The highest BCUT2D eigenvalue weighted by atomic mass is 19.4. The molecule has 1 aliphatic heterocycles. The summed E-state index contributed by atoms with van der Waals surface area (Å²) in [5.41, 5.74) is -1.81. The van der Waals surface area contributed by atoms with Gasteiger partial charge < -0.3 is 5.32 Å². The number of hydrogen-bond donors (Lipinski definition) is 1. The molecule has 32 heavy (non-hydrogen) atoms. The Hall–Kier alpha value is -3.48. The number of anilines is 1. The van der Waals surface area contributed by atoms with Gasteiger partial charge in [0, 0.05) is 29.2 Å². The molecule has 2 atom stereocenters. The topological polar surface area (TPSA) is 46.2 Å². The van der Waals surface area contributed by atoms with E-state index in [1.807, 2.05) is 0 Å². The molecule has 0 spiro atoms. The van der Waals surface area contributed by atoms with Gasteiger partial charge in [0.25, 0.3) is 0 Å². The molecule has 3 aromatic carbocycles. The molecule has 0 aromatic heterocycles. The summed E-state index contributed by atoms with van der Waals surface area (Å²) in [5, 5.41) is 2.88. The van der Waals surface area contributed by atoms with Crippen molar-refractivity contribution >= 4 is 17.3 Å². The minimum Gasteiger partial charge on any atom is -0.368 e. The normalized spacial score (nSPS) is 19.8. The summed E-state index contributed by atoms with van der Waals surface area (Å²) < 4.78 is 54.9. The predicted octanol–water partition coefficient (Wildman–Crippen LogP) is 6.11. The number of rotatable bonds is 5. The minimum absolute atomic E-state index is 0.0110. The van der Waals surface area contributed by atoms with Gasteiger partial charge in [0.15, 0.2) is 11.6 Å². The highest BCUT2D eigenvalue weighted by molar-refractivity contribution is 6.00. The van der Waals surface area contributed by atoms with Crippen molar-refractivity contribution in [1.29, 1.82) is 0 Å². The van der Waals surface area contributed by atoms with Crippen LogP contribution in [-0.4, -0.2) is 11.6 Å². The third-order valence-electron chi connectivity index (χ3n) is 5.95. The van der Waals surface area contributed by atoms with Crippen LogP contribution < -0.4 is 5.32 Å². The molecule has 0 saturated carbocycles. The second-order valence-corrected chi connectivity index (χ2v) is 7.81. The van der Waals surface area contributed by atoms with Gasteiger partial charge in [-0.1, -0.05) is 54.6 Å². The van der Waals surface area contributed by atoms with Crippen LogP contribution in [0.3, 0.4) is 0 Å². The number of fused-ring (bicyclic) bond motifs is 1. The Labute approximate surface area is 182 Å². The summed E-state index contributed by atoms with van der Waals surface area (Å²) >= 11 is 0. The average Bonchev–Trinajstić information content (AvgIpc) is 3.08. The van der Waals surface area contributed by atoms with Crippen LogP contribution in [0.5, 0.6) is 0 Å². The number of carbonyl (C=O) groups is 2. The maximum absolute atomic E-state index is 14.9. The summed E-state index contributed by atoms with van der Waals surface area (Å²) in [6.45, 7) is 1.25. The molecule has 0 saturated heterocycles. The molecule has 4 rings (SSSR count). The standard InChI is InChI=1S/C25H19F4NO2/c1-15(31)24(19-9-5-6-10-21(19)26)20(14-23(32)16-7-3-2-4-8-16)18-12-11-17(25(27,28)29)13-22(18)30-24/h2-13,20,30H,14H2,1H3/t20-,24-/m1/s1. The van der Waals surface area contributed by atoms with Crippen molar-refractivity contribution in [3.05, 3.63) is 101 Å². The van der Waals surface area contributed by atoms with Crippen LogP contribution in [0, 0.1) is 5.82 Å². The van der Waals surface area contributed by atoms with E-state index in [9.17, 15) is 27.2 Å². The Morgan fingerprint density at radius 3 is 2.25 bits per heavy atom. The van der Waals surface area contributed by atoms with Gasteiger partial charge in [-0.2, -0.15) is 13.2 Å². The minimum atomic E-state index is -4.59. The van der Waals surface area contributed by atoms with Crippen LogP contribution in [0.25, 0.3) is 0 Å². The lowest BCUT2D eigenvalue weighted by Crippen LogP contribution is -2.45. The first-order chi connectivity index (χ1) is 15.1. The van der Waals surface area contributed by atoms with Crippen LogP contribution in [0.4, 0.5) is 23.2 Å². The number of carbonyl (C=O) groups excluding carboxylic acids is 2. The van der Waals surface area contributed by atoms with E-state index < -0.39 is 34.8 Å². The number of halogens is 4. The quantitative estimate of drug-likeness (QED) is 0.384. The van der Waals surface area contributed by atoms with Crippen LogP contribution >= 0.6 is 0 Å². The van der Waals surface area contributed by atoms with Crippen molar-refractivity contribution in [2.24, 2.45) is 0 Å². The van der Waals surface area contributed by atoms with Crippen molar-refractivity contribution in [3.63, 3.8) is 0 Å². The zero-order chi connectivity index (χ0) is 23.1. The maximum Gasteiger partial charge on any atom is 0.416 e. The van der Waals surface area contributed by atoms with Crippen molar-refractivity contribution < 1.29 is 27.2 Å². The number of nitrogens with one attached hydrogen (secondary N) is 1. The number of Topliss-reactive ketones (excluding diaryl/α,β-unsaturated/α-hetero) is 2. The van der Waals surface area contributed by atoms with Crippen LogP contribution in [0.15, 0.2) is 72.8 Å². The van der Waals surface area contributed by atoms with E-state index in [4.69, 9.17) is 0 Å². The first-order valence-electron chi connectivity index (χ1n) is 9.98. The van der Waals surface area contributed by atoms with Gasteiger partial charge in [-0.15, -0.1) is 0 Å². The molecule has 1 heterocycles. The fourth-order valence-electron chi connectivity index (χ4n) is 4.43. The Morgan fingerprint density at radius 2 is 1.62 bits per heavy atom. The highest BCUT2D eigenvalue weighted by Crippen LogP contribution is 2.52. The monoisotopic (exact) mass is 441 g/mol. The van der Waals surface area contributed by atoms with Crippen LogP contribution in [-0.2, 0) is 16.5 Å². The lowest BCUT2D eigenvalue weighted by molar-refractivity contribution is -0.137. The maximum atomic E-state index is 14.9. The van der Waals surface area contributed by atoms with Crippen LogP contribution in [0.1, 0.15) is 46.3 Å². The molecular weight excluding hydrogens is 422 g/mol. The van der Waals surface area contributed by atoms with E-state index in [0.29, 0.717) is 11.1 Å². The number of ketones is 2. The van der Waals surface area contributed by atoms with E-state index in [-0.39, 0.29) is 23.5 Å². The Morgan fingerprint density at radius 1 is 0.969 bits per heavy atom. The summed E-state index contributed by atoms with van der Waals surface area (Å²) in [6.07, 6.45) is -4.78. The third-order valence-corrected chi connectivity index (χ3v) is 5.95. The molecule has 1 N–H and O–H groups in total. The van der Waals surface area contributed by atoms with E-state index in [1.165, 1.54) is 31.2 Å². The fraction of sp³-hybridized carbons (Fsp3) is 0.200. The third kappa shape index (κ3) is 3.57. The number of alkyl halides is 3. The SMILES string of the molecule is CC(=O)[C@]1(c2ccccc2F)Nc2cc(C(F)(F)F)ccc2[C@H]1CC(=O)c1ccccc1. The van der Waals surface area contributed by atoms with Gasteiger partial charge >= 0.3 is 6.18 Å². The zero-order valence-electron chi connectivity index (χ0n) is 17.0. The van der Waals surface area contributed by atoms with Gasteiger partial charge in [0.1, 0.15) is 11.4 Å². The molecule has 7 heteroatoms. The molecule has 0 radical (unpaired) electrons. The smallest absolute Gasteiger partial charge is 0.368 e. The molecule has 1 aliphatic rings. The lowest BCUT2D eigenvalue weighted by atomic mass is 9.72. The molecule has 3 aromatic rings. The first kappa shape index (κ1) is 21.7. The second-order valence-electron chi connectivity index (χ2n) is 7.81. The van der Waals surface area contributed by atoms with Crippen molar-refractivity contribution in [2.45, 2.75) is 31.0 Å². The van der Waals surface area contributed by atoms with E-state index in [2.05, 4.69) is 5.32 Å². The Kier molecular flexibility index (Phi) is 5.36. The van der Waals surface area contributed by atoms with Crippen molar-refractivity contribution in [2.75, 3.05) is 5.32 Å². The zero-order valence-corrected chi connectivity index (χ0v) is 17.0. The summed E-state index contributed by atoms with van der Waals surface area (Å²) in [6, 6.07) is 17.1. The van der Waals surface area contributed by atoms with E-state index >= 15 is 0 Å². The fourth-order valence-corrected chi connectivity index (χ4v) is 4.43. The summed E-state index contributed by atoms with van der Waals surface area (Å²) in [7, 11) is 0. The average molecular weight is 441 g/mol. The van der Waals surface area contributed by atoms with Crippen molar-refractivity contribution in [1.82, 2.24) is 0 Å². The molecule has 0 amide bonds. The van der Waals surface area contributed by atoms with Gasteiger partial charge in [-0.3, -0.25) is 9.59 Å². The van der Waals surface area contributed by atoms with Gasteiger partial charge in [0.05, 0.1) is 5.56 Å². The molecular formula is C25H19F4NO2. The predicted molar refractivity (Wildman–Crippen MR) is 112 cm³/mol. The van der Waals surface area contributed by atoms with Crippen molar-refractivity contribution in [3.8, 4) is 0 Å². The van der Waals surface area contributed by atoms with Crippen LogP contribution in [0.2, 0.25) is 0 Å². The molecule has 164 valence electrons. The highest BCUT2D eigenvalue weighted by Gasteiger charge is 2.53. The molecule has 0 bridgehead atoms. The largest absolute Gasteiger partial charge is 0.416 e. The first-order valence-corrected chi connectivity index (χ1v) is 9.98. The second kappa shape index (κ2) is 7.89. The van der Waals surface area contributed by atoms with Gasteiger partial charge in [-0.05, 0) is 30.7 Å². The molecule has 0 unspecified atom stereocenters. The summed E-state index contributed by atoms with van der Waals surface area (Å²) in [5.74, 6) is -2.39. The Bertz CT molecular complexity index is 1190. The lowest BCUT2D eigenvalue weighted by Gasteiger charge is -2.34. The summed E-state index contributed by atoms with van der Waals surface area (Å²) in [4.78, 5) is 26.1. The van der Waals surface area contributed by atoms with E-state index in [1.54, 1.807) is 36.4 Å². The molecule has 0 fully saturated rings. The molecule has 3 nitrogen and oxygen atoms in total. The molecule has 0 aliphatic carbocycles. The number of hydrogen-bond acceptors (Lipinski definition) is 3. The Balaban J connectivity index is 1.89.